The lowest BCUT2D eigenvalue weighted by atomic mass is 9.80. The smallest absolute Gasteiger partial charge is 0.0645 e. The minimum absolute atomic E-state index is 0.0655. The maximum absolute atomic E-state index is 5.39. The molecule has 0 aliphatic carbocycles. The molecule has 7 nitrogen and oxygen atoms in total. The molecule has 0 radical (unpaired) electrons. The van der Waals surface area contributed by atoms with Gasteiger partial charge in [-0.1, -0.05) is 34.6 Å². The quantitative estimate of drug-likeness (QED) is 0.490. The zero-order valence-electron chi connectivity index (χ0n) is 25.1. The predicted octanol–water partition coefficient (Wildman–Crippen LogP) is 5.08. The molecule has 0 saturated carbocycles. The molecule has 2 aromatic heterocycles. The molecule has 214 valence electrons. The van der Waals surface area contributed by atoms with E-state index in [4.69, 9.17) is 9.72 Å². The van der Waals surface area contributed by atoms with Crippen molar-refractivity contribution in [1.29, 1.82) is 0 Å². The van der Waals surface area contributed by atoms with Crippen molar-refractivity contribution >= 4 is 11.4 Å². The second-order valence-corrected chi connectivity index (χ2v) is 13.9. The number of piperidine rings is 2. The van der Waals surface area contributed by atoms with Crippen LogP contribution in [0.1, 0.15) is 77.1 Å². The molecule has 2 N–H and O–H groups in total. The minimum atomic E-state index is -0.0995. The maximum Gasteiger partial charge on any atom is 0.0645 e. The summed E-state index contributed by atoms with van der Waals surface area (Å²) in [6.45, 7) is 17.8. The van der Waals surface area contributed by atoms with Crippen LogP contribution < -0.4 is 10.6 Å². The molecular formula is C32H50N6O. The number of nitrogens with zero attached hydrogens (tertiary/aromatic N) is 4. The molecule has 0 amide bonds. The molecule has 3 fully saturated rings. The summed E-state index contributed by atoms with van der Waals surface area (Å²) in [4.78, 5) is 14.7. The van der Waals surface area contributed by atoms with Gasteiger partial charge in [-0.25, -0.2) is 0 Å². The van der Waals surface area contributed by atoms with Crippen molar-refractivity contribution in [2.24, 2.45) is 0 Å². The molecule has 39 heavy (non-hydrogen) atoms. The van der Waals surface area contributed by atoms with E-state index < -0.39 is 0 Å². The molecule has 2 aromatic rings. The van der Waals surface area contributed by atoms with Crippen LogP contribution in [-0.4, -0.2) is 84.3 Å². The average molecular weight is 535 g/mol. The fraction of sp³-hybridized carbons (Fsp3) is 0.688. The van der Waals surface area contributed by atoms with E-state index in [1.165, 1.54) is 42.5 Å². The minimum Gasteiger partial charge on any atom is -0.381 e. The summed E-state index contributed by atoms with van der Waals surface area (Å²) in [6, 6.07) is 6.31. The van der Waals surface area contributed by atoms with Crippen LogP contribution in [0.15, 0.2) is 30.7 Å². The second kappa shape index (κ2) is 11.7. The van der Waals surface area contributed by atoms with E-state index in [2.05, 4.69) is 85.4 Å². The highest BCUT2D eigenvalue weighted by Gasteiger charge is 2.30. The van der Waals surface area contributed by atoms with Gasteiger partial charge in [0.15, 0.2) is 0 Å². The molecule has 3 saturated heterocycles. The van der Waals surface area contributed by atoms with E-state index in [1.54, 1.807) is 0 Å². The highest BCUT2D eigenvalue weighted by Crippen LogP contribution is 2.34. The topological polar surface area (TPSA) is 65.5 Å². The molecule has 0 spiro atoms. The van der Waals surface area contributed by atoms with Crippen molar-refractivity contribution in [3.63, 3.8) is 0 Å². The SMILES string of the molecule is CN1CCC(Nc2cc(C(C)(C)C)cnc2CC(C)(C)c2cncc(NC3CCN(C4COC4)CC3)c2)CC1. The summed E-state index contributed by atoms with van der Waals surface area (Å²) >= 11 is 0. The van der Waals surface area contributed by atoms with Gasteiger partial charge in [-0.15, -0.1) is 0 Å². The first-order valence-electron chi connectivity index (χ1n) is 15.1. The standard InChI is InChI=1S/C32H50N6O/c1-31(2,3)23-16-29(36-26-7-11-37(6)12-8-26)30(34-19-23)17-32(4,5)24-15-27(20-33-18-24)35-25-9-13-38(14-10-25)28-21-39-22-28/h15-16,18-20,25-26,28,35-36H,7-14,17,21-22H2,1-6H3. The van der Waals surface area contributed by atoms with Gasteiger partial charge in [0.25, 0.3) is 0 Å². The summed E-state index contributed by atoms with van der Waals surface area (Å²) in [7, 11) is 2.22. The Morgan fingerprint density at radius 1 is 0.846 bits per heavy atom. The van der Waals surface area contributed by atoms with Gasteiger partial charge in [-0.3, -0.25) is 14.9 Å². The predicted molar refractivity (Wildman–Crippen MR) is 161 cm³/mol. The van der Waals surface area contributed by atoms with Gasteiger partial charge in [-0.05, 0) is 79.9 Å². The zero-order chi connectivity index (χ0) is 27.6. The van der Waals surface area contributed by atoms with Crippen molar-refractivity contribution in [2.75, 3.05) is 57.1 Å². The summed E-state index contributed by atoms with van der Waals surface area (Å²) in [5, 5.41) is 7.71. The summed E-state index contributed by atoms with van der Waals surface area (Å²) in [6.07, 6.45) is 11.6. The lowest BCUT2D eigenvalue weighted by molar-refractivity contribution is -0.0705. The zero-order valence-corrected chi connectivity index (χ0v) is 25.1. The van der Waals surface area contributed by atoms with Crippen molar-refractivity contribution < 1.29 is 4.74 Å². The van der Waals surface area contributed by atoms with Crippen molar-refractivity contribution in [3.05, 3.63) is 47.5 Å². The van der Waals surface area contributed by atoms with E-state index in [0.717, 1.165) is 57.2 Å². The van der Waals surface area contributed by atoms with E-state index in [9.17, 15) is 0 Å². The van der Waals surface area contributed by atoms with Crippen molar-refractivity contribution in [2.45, 2.75) is 95.7 Å². The molecule has 5 heterocycles. The first-order valence-corrected chi connectivity index (χ1v) is 15.1. The van der Waals surface area contributed by atoms with Gasteiger partial charge in [-0.2, -0.15) is 0 Å². The van der Waals surface area contributed by atoms with Gasteiger partial charge in [0.2, 0.25) is 0 Å². The van der Waals surface area contributed by atoms with Crippen LogP contribution in [-0.2, 0) is 22.0 Å². The molecule has 0 unspecified atom stereocenters. The van der Waals surface area contributed by atoms with Gasteiger partial charge in [0.05, 0.1) is 36.3 Å². The highest BCUT2D eigenvalue weighted by atomic mass is 16.5. The first kappa shape index (κ1) is 28.3. The van der Waals surface area contributed by atoms with Crippen LogP contribution in [0, 0.1) is 0 Å². The maximum atomic E-state index is 5.39. The van der Waals surface area contributed by atoms with Gasteiger partial charge < -0.3 is 20.3 Å². The van der Waals surface area contributed by atoms with Crippen LogP contribution in [0.3, 0.4) is 0 Å². The Labute approximate surface area is 236 Å². The molecule has 0 bridgehead atoms. The molecule has 3 aliphatic heterocycles. The fourth-order valence-corrected chi connectivity index (χ4v) is 6.03. The normalized spacial score (nSPS) is 21.1. The van der Waals surface area contributed by atoms with Crippen LogP contribution in [0.4, 0.5) is 11.4 Å². The van der Waals surface area contributed by atoms with Crippen LogP contribution in [0.25, 0.3) is 0 Å². The largest absolute Gasteiger partial charge is 0.381 e. The molecular weight excluding hydrogens is 484 g/mol. The van der Waals surface area contributed by atoms with E-state index in [-0.39, 0.29) is 10.8 Å². The Bertz CT molecular complexity index is 1090. The number of hydrogen-bond acceptors (Lipinski definition) is 7. The third kappa shape index (κ3) is 7.11. The van der Waals surface area contributed by atoms with Crippen LogP contribution >= 0.6 is 0 Å². The summed E-state index contributed by atoms with van der Waals surface area (Å²) in [5.74, 6) is 0. The Morgan fingerprint density at radius 3 is 2.15 bits per heavy atom. The van der Waals surface area contributed by atoms with Crippen molar-refractivity contribution in [1.82, 2.24) is 19.8 Å². The Kier molecular flexibility index (Phi) is 8.51. The number of hydrogen-bond donors (Lipinski definition) is 2. The third-order valence-electron chi connectivity index (χ3n) is 9.08. The Morgan fingerprint density at radius 2 is 1.51 bits per heavy atom. The van der Waals surface area contributed by atoms with Crippen LogP contribution in [0.2, 0.25) is 0 Å². The first-order chi connectivity index (χ1) is 18.6. The third-order valence-corrected chi connectivity index (χ3v) is 9.08. The second-order valence-electron chi connectivity index (χ2n) is 13.9. The monoisotopic (exact) mass is 534 g/mol. The highest BCUT2D eigenvalue weighted by molar-refractivity contribution is 5.53. The number of nitrogens with one attached hydrogen (secondary N) is 2. The van der Waals surface area contributed by atoms with Crippen LogP contribution in [0.5, 0.6) is 0 Å². The van der Waals surface area contributed by atoms with Gasteiger partial charge in [0.1, 0.15) is 0 Å². The number of ether oxygens (including phenoxy) is 1. The fourth-order valence-electron chi connectivity index (χ4n) is 6.03. The van der Waals surface area contributed by atoms with Gasteiger partial charge >= 0.3 is 0 Å². The number of anilines is 2. The number of likely N-dealkylation sites (tertiary alicyclic amines) is 2. The molecule has 0 aromatic carbocycles. The Balaban J connectivity index is 1.28. The number of aromatic nitrogens is 2. The Hall–Kier alpha value is -2.22. The molecule has 7 heteroatoms. The van der Waals surface area contributed by atoms with E-state index >= 15 is 0 Å². The summed E-state index contributed by atoms with van der Waals surface area (Å²) < 4.78 is 5.39. The molecule has 5 rings (SSSR count). The number of pyridine rings is 2. The molecule has 3 aliphatic rings. The van der Waals surface area contributed by atoms with E-state index in [0.29, 0.717) is 18.1 Å². The van der Waals surface area contributed by atoms with Crippen molar-refractivity contribution in [3.8, 4) is 0 Å². The lowest BCUT2D eigenvalue weighted by Gasteiger charge is -2.41. The van der Waals surface area contributed by atoms with Gasteiger partial charge in [0, 0.05) is 50.2 Å². The number of rotatable bonds is 8. The average Bonchev–Trinajstić information content (AvgIpc) is 2.86. The lowest BCUT2D eigenvalue weighted by Crippen LogP contribution is -2.53. The summed E-state index contributed by atoms with van der Waals surface area (Å²) in [5.41, 5.74) is 5.99. The van der Waals surface area contributed by atoms with E-state index in [1.807, 2.05) is 12.4 Å². The molecule has 0 atom stereocenters.